The van der Waals surface area contributed by atoms with Gasteiger partial charge in [-0.25, -0.2) is 0 Å². The number of fused-ring (bicyclic) bond motifs is 1. The molecule has 0 saturated heterocycles. The Labute approximate surface area is 90.0 Å². The van der Waals surface area contributed by atoms with Gasteiger partial charge in [-0.15, -0.1) is 0 Å². The molecule has 1 aliphatic rings. The smallest absolute Gasteiger partial charge is 0.194 e. The van der Waals surface area contributed by atoms with Crippen LogP contribution < -0.4 is 4.74 Å². The Morgan fingerprint density at radius 3 is 2.73 bits per heavy atom. The van der Waals surface area contributed by atoms with Crippen molar-refractivity contribution in [2.75, 3.05) is 14.2 Å². The lowest BCUT2D eigenvalue weighted by atomic mass is 10.0. The minimum absolute atomic E-state index is 0.00472. The SMILES string of the molecule is COC(OC)C1CCc2ccccc2O1. The number of methoxy groups -OCH3 is 2. The zero-order valence-electron chi connectivity index (χ0n) is 9.10. The first-order valence-corrected chi connectivity index (χ1v) is 5.15. The molecule has 1 aromatic rings. The van der Waals surface area contributed by atoms with Crippen molar-refractivity contribution in [3.63, 3.8) is 0 Å². The van der Waals surface area contributed by atoms with Crippen LogP contribution >= 0.6 is 0 Å². The molecule has 0 aliphatic carbocycles. The normalized spacial score (nSPS) is 19.8. The van der Waals surface area contributed by atoms with E-state index in [4.69, 9.17) is 14.2 Å². The van der Waals surface area contributed by atoms with E-state index in [2.05, 4.69) is 6.07 Å². The molecule has 0 aromatic heterocycles. The maximum Gasteiger partial charge on any atom is 0.194 e. The first-order chi connectivity index (χ1) is 7.35. The molecular weight excluding hydrogens is 192 g/mol. The summed E-state index contributed by atoms with van der Waals surface area (Å²) in [5.41, 5.74) is 1.26. The van der Waals surface area contributed by atoms with Crippen molar-refractivity contribution in [1.82, 2.24) is 0 Å². The van der Waals surface area contributed by atoms with E-state index in [1.165, 1.54) is 5.56 Å². The molecule has 0 N–H and O–H groups in total. The largest absolute Gasteiger partial charge is 0.485 e. The molecule has 1 atom stereocenters. The molecule has 1 heterocycles. The average Bonchev–Trinajstić information content (AvgIpc) is 2.30. The predicted octanol–water partition coefficient (Wildman–Crippen LogP) is 2.00. The summed E-state index contributed by atoms with van der Waals surface area (Å²) in [4.78, 5) is 0. The van der Waals surface area contributed by atoms with Crippen LogP contribution in [0.2, 0.25) is 0 Å². The highest BCUT2D eigenvalue weighted by atomic mass is 16.7. The summed E-state index contributed by atoms with van der Waals surface area (Å²) < 4.78 is 16.2. The molecule has 0 amide bonds. The van der Waals surface area contributed by atoms with Gasteiger partial charge in [0, 0.05) is 14.2 Å². The number of aryl methyl sites for hydroxylation is 1. The summed E-state index contributed by atoms with van der Waals surface area (Å²) >= 11 is 0. The van der Waals surface area contributed by atoms with Gasteiger partial charge in [-0.2, -0.15) is 0 Å². The van der Waals surface area contributed by atoms with Crippen LogP contribution in [-0.2, 0) is 15.9 Å². The van der Waals surface area contributed by atoms with Crippen LogP contribution in [0.1, 0.15) is 12.0 Å². The molecule has 15 heavy (non-hydrogen) atoms. The minimum atomic E-state index is -0.279. The van der Waals surface area contributed by atoms with Gasteiger partial charge >= 0.3 is 0 Å². The molecule has 1 aliphatic heterocycles. The Bertz CT molecular complexity index is 320. The van der Waals surface area contributed by atoms with Gasteiger partial charge in [0.15, 0.2) is 6.29 Å². The third kappa shape index (κ3) is 2.13. The molecular formula is C12H16O3. The van der Waals surface area contributed by atoms with E-state index < -0.39 is 0 Å². The molecule has 3 nitrogen and oxygen atoms in total. The van der Waals surface area contributed by atoms with Crippen LogP contribution in [0.4, 0.5) is 0 Å². The lowest BCUT2D eigenvalue weighted by Crippen LogP contribution is -2.37. The third-order valence-electron chi connectivity index (χ3n) is 2.72. The van der Waals surface area contributed by atoms with Gasteiger partial charge in [-0.3, -0.25) is 0 Å². The molecule has 3 heteroatoms. The monoisotopic (exact) mass is 208 g/mol. The highest BCUT2D eigenvalue weighted by molar-refractivity contribution is 5.35. The van der Waals surface area contributed by atoms with Crippen LogP contribution in [0.25, 0.3) is 0 Å². The van der Waals surface area contributed by atoms with E-state index in [0.717, 1.165) is 18.6 Å². The topological polar surface area (TPSA) is 27.7 Å². The van der Waals surface area contributed by atoms with Crippen molar-refractivity contribution in [2.45, 2.75) is 25.2 Å². The van der Waals surface area contributed by atoms with E-state index in [1.807, 2.05) is 18.2 Å². The van der Waals surface area contributed by atoms with Gasteiger partial charge in [0.25, 0.3) is 0 Å². The molecule has 1 aromatic carbocycles. The first kappa shape index (κ1) is 10.5. The van der Waals surface area contributed by atoms with Crippen molar-refractivity contribution >= 4 is 0 Å². The van der Waals surface area contributed by atoms with Crippen molar-refractivity contribution in [3.8, 4) is 5.75 Å². The Morgan fingerprint density at radius 2 is 2.00 bits per heavy atom. The zero-order chi connectivity index (χ0) is 10.7. The fourth-order valence-electron chi connectivity index (χ4n) is 1.94. The summed E-state index contributed by atoms with van der Waals surface area (Å²) in [5.74, 6) is 0.952. The molecule has 0 bridgehead atoms. The molecule has 1 unspecified atom stereocenters. The fraction of sp³-hybridized carbons (Fsp3) is 0.500. The zero-order valence-corrected chi connectivity index (χ0v) is 9.10. The van der Waals surface area contributed by atoms with Gasteiger partial charge < -0.3 is 14.2 Å². The third-order valence-corrected chi connectivity index (χ3v) is 2.72. The summed E-state index contributed by atoms with van der Waals surface area (Å²) in [6.07, 6.45) is 1.67. The second-order valence-corrected chi connectivity index (χ2v) is 3.64. The predicted molar refractivity (Wildman–Crippen MR) is 57.0 cm³/mol. The quantitative estimate of drug-likeness (QED) is 0.711. The van der Waals surface area contributed by atoms with Gasteiger partial charge in [0.2, 0.25) is 0 Å². The Morgan fingerprint density at radius 1 is 1.27 bits per heavy atom. The fourth-order valence-corrected chi connectivity index (χ4v) is 1.94. The number of ether oxygens (including phenoxy) is 3. The Balaban J connectivity index is 2.11. The summed E-state index contributed by atoms with van der Waals surface area (Å²) in [6.45, 7) is 0. The standard InChI is InChI=1S/C12H16O3/c1-13-12(14-2)11-8-7-9-5-3-4-6-10(9)15-11/h3-6,11-12H,7-8H2,1-2H3. The second kappa shape index (κ2) is 4.64. The molecule has 0 fully saturated rings. The number of para-hydroxylation sites is 1. The summed E-state index contributed by atoms with van der Waals surface area (Å²) in [5, 5.41) is 0. The van der Waals surface area contributed by atoms with Crippen LogP contribution in [0.15, 0.2) is 24.3 Å². The molecule has 82 valence electrons. The lowest BCUT2D eigenvalue weighted by molar-refractivity contribution is -0.160. The van der Waals surface area contributed by atoms with Crippen LogP contribution in [-0.4, -0.2) is 26.6 Å². The average molecular weight is 208 g/mol. The van der Waals surface area contributed by atoms with E-state index in [1.54, 1.807) is 14.2 Å². The maximum absolute atomic E-state index is 5.83. The summed E-state index contributed by atoms with van der Waals surface area (Å²) in [7, 11) is 3.27. The highest BCUT2D eigenvalue weighted by Gasteiger charge is 2.27. The number of hydrogen-bond acceptors (Lipinski definition) is 3. The number of benzene rings is 1. The van der Waals surface area contributed by atoms with E-state index in [9.17, 15) is 0 Å². The minimum Gasteiger partial charge on any atom is -0.485 e. The highest BCUT2D eigenvalue weighted by Crippen LogP contribution is 2.28. The lowest BCUT2D eigenvalue weighted by Gasteiger charge is -2.30. The first-order valence-electron chi connectivity index (χ1n) is 5.15. The Hall–Kier alpha value is -1.06. The maximum atomic E-state index is 5.83. The van der Waals surface area contributed by atoms with E-state index >= 15 is 0 Å². The van der Waals surface area contributed by atoms with Crippen LogP contribution in [0, 0.1) is 0 Å². The van der Waals surface area contributed by atoms with E-state index in [-0.39, 0.29) is 12.4 Å². The van der Waals surface area contributed by atoms with Crippen molar-refractivity contribution < 1.29 is 14.2 Å². The number of hydrogen-bond donors (Lipinski definition) is 0. The van der Waals surface area contributed by atoms with Crippen molar-refractivity contribution in [1.29, 1.82) is 0 Å². The number of rotatable bonds is 3. The molecule has 0 radical (unpaired) electrons. The Kier molecular flexibility index (Phi) is 3.23. The van der Waals surface area contributed by atoms with Gasteiger partial charge in [-0.1, -0.05) is 18.2 Å². The van der Waals surface area contributed by atoms with Gasteiger partial charge in [-0.05, 0) is 24.5 Å². The second-order valence-electron chi connectivity index (χ2n) is 3.64. The van der Waals surface area contributed by atoms with Crippen LogP contribution in [0.5, 0.6) is 5.75 Å². The van der Waals surface area contributed by atoms with Gasteiger partial charge in [0.1, 0.15) is 11.9 Å². The molecule has 2 rings (SSSR count). The van der Waals surface area contributed by atoms with Crippen molar-refractivity contribution in [2.24, 2.45) is 0 Å². The van der Waals surface area contributed by atoms with Crippen molar-refractivity contribution in [3.05, 3.63) is 29.8 Å². The molecule has 0 spiro atoms. The van der Waals surface area contributed by atoms with Gasteiger partial charge in [0.05, 0.1) is 0 Å². The van der Waals surface area contributed by atoms with E-state index in [0.29, 0.717) is 0 Å². The van der Waals surface area contributed by atoms with Crippen LogP contribution in [0.3, 0.4) is 0 Å². The summed E-state index contributed by atoms with van der Waals surface area (Å²) in [6, 6.07) is 8.10. The molecule has 0 saturated carbocycles.